The maximum absolute atomic E-state index is 13.1. The molecule has 0 aromatic carbocycles. The van der Waals surface area contributed by atoms with Crippen molar-refractivity contribution in [1.29, 1.82) is 0 Å². The van der Waals surface area contributed by atoms with E-state index < -0.39 is 60.2 Å². The SMILES string of the molecule is CC(C)CC(NC(=O)C(Cc1cnc[nH]1)NC(=O)C(N)C(C)C)C(=O)NC(CC(N)=O)C(=O)O. The molecule has 0 aliphatic rings. The van der Waals surface area contributed by atoms with E-state index in [2.05, 4.69) is 25.9 Å². The third-order valence-electron chi connectivity index (χ3n) is 4.99. The quantitative estimate of drug-likeness (QED) is 0.163. The van der Waals surface area contributed by atoms with Gasteiger partial charge in [0.2, 0.25) is 23.6 Å². The van der Waals surface area contributed by atoms with E-state index >= 15 is 0 Å². The van der Waals surface area contributed by atoms with Crippen molar-refractivity contribution in [3.05, 3.63) is 18.2 Å². The van der Waals surface area contributed by atoms with Crippen LogP contribution in [0.25, 0.3) is 0 Å². The van der Waals surface area contributed by atoms with E-state index in [9.17, 15) is 29.1 Å². The molecule has 34 heavy (non-hydrogen) atoms. The van der Waals surface area contributed by atoms with Gasteiger partial charge >= 0.3 is 5.97 Å². The molecule has 4 atom stereocenters. The zero-order chi connectivity index (χ0) is 26.0. The van der Waals surface area contributed by atoms with Crippen LogP contribution in [0.15, 0.2) is 12.5 Å². The van der Waals surface area contributed by atoms with Gasteiger partial charge in [0.15, 0.2) is 0 Å². The van der Waals surface area contributed by atoms with E-state index in [0.717, 1.165) is 0 Å². The number of nitrogens with one attached hydrogen (secondary N) is 4. The number of aromatic amines is 1. The lowest BCUT2D eigenvalue weighted by atomic mass is 10.0. The molecular weight excluding hydrogens is 446 g/mol. The number of carboxylic acid groups (broad SMARTS) is 1. The van der Waals surface area contributed by atoms with E-state index in [1.54, 1.807) is 13.8 Å². The monoisotopic (exact) mass is 481 g/mol. The van der Waals surface area contributed by atoms with Crippen LogP contribution in [-0.2, 0) is 30.4 Å². The molecule has 0 bridgehead atoms. The van der Waals surface area contributed by atoms with Crippen LogP contribution in [0.3, 0.4) is 0 Å². The summed E-state index contributed by atoms with van der Waals surface area (Å²) in [5, 5.41) is 16.7. The van der Waals surface area contributed by atoms with Crippen molar-refractivity contribution < 1.29 is 29.1 Å². The van der Waals surface area contributed by atoms with Crippen LogP contribution in [0.4, 0.5) is 0 Å². The third-order valence-corrected chi connectivity index (χ3v) is 4.99. The second-order valence-electron chi connectivity index (χ2n) is 8.87. The van der Waals surface area contributed by atoms with E-state index in [1.807, 2.05) is 13.8 Å². The number of imidazole rings is 1. The number of carbonyl (C=O) groups excluding carboxylic acids is 4. The molecule has 4 amide bonds. The highest BCUT2D eigenvalue weighted by Crippen LogP contribution is 2.08. The van der Waals surface area contributed by atoms with Crippen LogP contribution in [0.2, 0.25) is 0 Å². The van der Waals surface area contributed by atoms with Gasteiger partial charge in [-0.25, -0.2) is 9.78 Å². The van der Waals surface area contributed by atoms with Crippen LogP contribution in [0.1, 0.15) is 46.2 Å². The summed E-state index contributed by atoms with van der Waals surface area (Å²) in [6.07, 6.45) is 2.55. The van der Waals surface area contributed by atoms with E-state index in [4.69, 9.17) is 11.5 Å². The van der Waals surface area contributed by atoms with Gasteiger partial charge in [-0.1, -0.05) is 27.7 Å². The lowest BCUT2D eigenvalue weighted by Crippen LogP contribution is -2.58. The number of aromatic nitrogens is 2. The van der Waals surface area contributed by atoms with Crippen molar-refractivity contribution in [2.75, 3.05) is 0 Å². The van der Waals surface area contributed by atoms with Gasteiger partial charge in [0, 0.05) is 18.3 Å². The lowest BCUT2D eigenvalue weighted by Gasteiger charge is -2.26. The lowest BCUT2D eigenvalue weighted by molar-refractivity contribution is -0.144. The van der Waals surface area contributed by atoms with Crippen molar-refractivity contribution >= 4 is 29.6 Å². The van der Waals surface area contributed by atoms with Gasteiger partial charge in [0.1, 0.15) is 18.1 Å². The smallest absolute Gasteiger partial charge is 0.326 e. The van der Waals surface area contributed by atoms with Crippen LogP contribution in [0, 0.1) is 11.8 Å². The van der Waals surface area contributed by atoms with E-state index in [1.165, 1.54) is 12.5 Å². The second kappa shape index (κ2) is 13.3. The third kappa shape index (κ3) is 9.57. The minimum absolute atomic E-state index is 0.0505. The Morgan fingerprint density at radius 1 is 0.971 bits per heavy atom. The first-order valence-electron chi connectivity index (χ1n) is 11.0. The Labute approximate surface area is 197 Å². The molecule has 1 aromatic heterocycles. The molecule has 0 radical (unpaired) electrons. The minimum atomic E-state index is -1.54. The summed E-state index contributed by atoms with van der Waals surface area (Å²) in [6, 6.07) is -4.60. The zero-order valence-electron chi connectivity index (χ0n) is 19.8. The van der Waals surface area contributed by atoms with Crippen LogP contribution in [-0.4, -0.2) is 68.8 Å². The number of carboxylic acids is 1. The van der Waals surface area contributed by atoms with Crippen molar-refractivity contribution in [3.63, 3.8) is 0 Å². The molecule has 13 heteroatoms. The van der Waals surface area contributed by atoms with Crippen LogP contribution in [0.5, 0.6) is 0 Å². The summed E-state index contributed by atoms with van der Waals surface area (Å²) in [7, 11) is 0. The predicted octanol–water partition coefficient (Wildman–Crippen LogP) is -1.60. The van der Waals surface area contributed by atoms with Gasteiger partial charge in [0.05, 0.1) is 18.8 Å². The largest absolute Gasteiger partial charge is 0.480 e. The Balaban J connectivity index is 3.06. The molecule has 9 N–H and O–H groups in total. The number of amides is 4. The fourth-order valence-corrected chi connectivity index (χ4v) is 3.05. The molecule has 13 nitrogen and oxygen atoms in total. The van der Waals surface area contributed by atoms with Gasteiger partial charge in [-0.05, 0) is 18.3 Å². The van der Waals surface area contributed by atoms with Crippen molar-refractivity contribution in [2.45, 2.75) is 71.1 Å². The number of H-pyrrole nitrogens is 1. The molecule has 1 aromatic rings. The normalized spacial score (nSPS) is 14.7. The van der Waals surface area contributed by atoms with Crippen molar-refractivity contribution in [1.82, 2.24) is 25.9 Å². The topological polar surface area (TPSA) is 222 Å². The van der Waals surface area contributed by atoms with Crippen molar-refractivity contribution in [3.8, 4) is 0 Å². The van der Waals surface area contributed by atoms with E-state index in [0.29, 0.717) is 5.69 Å². The number of aliphatic carboxylic acids is 1. The Morgan fingerprint density at radius 3 is 2.00 bits per heavy atom. The summed E-state index contributed by atoms with van der Waals surface area (Å²) < 4.78 is 0. The maximum atomic E-state index is 13.1. The minimum Gasteiger partial charge on any atom is -0.480 e. The average Bonchev–Trinajstić information content (AvgIpc) is 3.23. The Kier molecular flexibility index (Phi) is 11.2. The molecule has 0 spiro atoms. The van der Waals surface area contributed by atoms with Crippen molar-refractivity contribution in [2.24, 2.45) is 23.3 Å². The molecule has 0 saturated heterocycles. The molecule has 190 valence electrons. The standard InChI is InChI=1S/C21H35N7O6/c1-10(2)5-13(18(30)28-15(21(33)34)7-16(22)29)26-19(31)14(6-12-8-24-9-25-12)27-20(32)17(23)11(3)4/h8-11,13-15,17H,5-7,23H2,1-4H3,(H2,22,29)(H,24,25)(H,26,31)(H,27,32)(H,28,30)(H,33,34). The average molecular weight is 482 g/mol. The van der Waals surface area contributed by atoms with Gasteiger partial charge in [0.25, 0.3) is 0 Å². The Hall–Kier alpha value is -3.48. The number of nitrogens with zero attached hydrogens (tertiary/aromatic N) is 1. The van der Waals surface area contributed by atoms with E-state index in [-0.39, 0.29) is 24.7 Å². The number of carbonyl (C=O) groups is 5. The number of primary amides is 1. The zero-order valence-corrected chi connectivity index (χ0v) is 19.8. The molecule has 1 rings (SSSR count). The molecule has 1 heterocycles. The summed E-state index contributed by atoms with van der Waals surface area (Å²) >= 11 is 0. The summed E-state index contributed by atoms with van der Waals surface area (Å²) in [5.41, 5.74) is 11.5. The first-order chi connectivity index (χ1) is 15.8. The molecular formula is C21H35N7O6. The highest BCUT2D eigenvalue weighted by atomic mass is 16.4. The van der Waals surface area contributed by atoms with Gasteiger partial charge in [-0.15, -0.1) is 0 Å². The fraction of sp³-hybridized carbons (Fsp3) is 0.619. The van der Waals surface area contributed by atoms with Gasteiger partial charge in [-0.3, -0.25) is 19.2 Å². The number of rotatable bonds is 14. The first kappa shape index (κ1) is 28.6. The summed E-state index contributed by atoms with van der Waals surface area (Å²) in [4.78, 5) is 67.7. The Morgan fingerprint density at radius 2 is 1.53 bits per heavy atom. The summed E-state index contributed by atoms with van der Waals surface area (Å²) in [6.45, 7) is 7.16. The predicted molar refractivity (Wildman–Crippen MR) is 122 cm³/mol. The molecule has 4 unspecified atom stereocenters. The molecule has 0 fully saturated rings. The highest BCUT2D eigenvalue weighted by molar-refractivity contribution is 5.95. The fourth-order valence-electron chi connectivity index (χ4n) is 3.05. The second-order valence-corrected chi connectivity index (χ2v) is 8.87. The highest BCUT2D eigenvalue weighted by Gasteiger charge is 2.31. The van der Waals surface area contributed by atoms with Gasteiger partial charge in [-0.2, -0.15) is 0 Å². The van der Waals surface area contributed by atoms with Crippen LogP contribution < -0.4 is 27.4 Å². The van der Waals surface area contributed by atoms with Gasteiger partial charge < -0.3 is 37.5 Å². The van der Waals surface area contributed by atoms with Crippen LogP contribution >= 0.6 is 0 Å². The Bertz CT molecular complexity index is 856. The maximum Gasteiger partial charge on any atom is 0.326 e. The number of nitrogens with two attached hydrogens (primary N) is 2. The summed E-state index contributed by atoms with van der Waals surface area (Å²) in [5.74, 6) is -4.55. The number of hydrogen-bond donors (Lipinski definition) is 7. The molecule has 0 aliphatic carbocycles. The first-order valence-corrected chi connectivity index (χ1v) is 11.0. The molecule has 0 aliphatic heterocycles. The molecule has 0 saturated carbocycles. The number of hydrogen-bond acceptors (Lipinski definition) is 7.